The van der Waals surface area contributed by atoms with Gasteiger partial charge in [-0.05, 0) is 25.1 Å². The summed E-state index contributed by atoms with van der Waals surface area (Å²) in [6.07, 6.45) is 0. The molecule has 0 amide bonds. The Morgan fingerprint density at radius 1 is 1.50 bits per heavy atom. The summed E-state index contributed by atoms with van der Waals surface area (Å²) in [5, 5.41) is 7.73. The van der Waals surface area contributed by atoms with Crippen molar-refractivity contribution in [1.82, 2.24) is 15.0 Å². The molecule has 0 unspecified atom stereocenters. The Kier molecular flexibility index (Phi) is 2.66. The minimum Gasteiger partial charge on any atom is -0.388 e. The fourth-order valence-electron chi connectivity index (χ4n) is 1.41. The van der Waals surface area contributed by atoms with Gasteiger partial charge in [-0.1, -0.05) is 23.5 Å². The Hall–Kier alpha value is -1.82. The van der Waals surface area contributed by atoms with Gasteiger partial charge in [0.2, 0.25) is 0 Å². The van der Waals surface area contributed by atoms with Crippen molar-refractivity contribution in [2.45, 2.75) is 6.92 Å². The average molecular weight is 236 g/mol. The van der Waals surface area contributed by atoms with Gasteiger partial charge >= 0.3 is 0 Å². The van der Waals surface area contributed by atoms with Gasteiger partial charge in [-0.25, -0.2) is 9.07 Å². The van der Waals surface area contributed by atoms with Crippen molar-refractivity contribution >= 4 is 17.2 Å². The second-order valence-corrected chi connectivity index (χ2v) is 3.72. The Morgan fingerprint density at radius 3 is 2.81 bits per heavy atom. The first-order valence-corrected chi connectivity index (χ1v) is 4.98. The summed E-state index contributed by atoms with van der Waals surface area (Å²) in [5.74, 6) is -0.329. The largest absolute Gasteiger partial charge is 0.388 e. The lowest BCUT2D eigenvalue weighted by molar-refractivity contribution is 0.624. The Morgan fingerprint density at radius 2 is 2.25 bits per heavy atom. The van der Waals surface area contributed by atoms with Crippen LogP contribution in [-0.4, -0.2) is 20.0 Å². The van der Waals surface area contributed by atoms with Crippen molar-refractivity contribution in [3.8, 4) is 5.69 Å². The number of benzene rings is 1. The standard InChI is InChI=1S/C10H9FN4S/c1-6-9(10(12)16)13-14-15(6)8-4-2-3-7(11)5-8/h2-5H,1H3,(H2,12,16). The molecule has 2 aromatic rings. The molecule has 0 saturated carbocycles. The van der Waals surface area contributed by atoms with Crippen LogP contribution in [0.25, 0.3) is 5.69 Å². The first-order valence-electron chi connectivity index (χ1n) is 4.57. The van der Waals surface area contributed by atoms with E-state index in [1.165, 1.54) is 16.8 Å². The van der Waals surface area contributed by atoms with Crippen LogP contribution in [0, 0.1) is 12.7 Å². The molecule has 0 bridgehead atoms. The quantitative estimate of drug-likeness (QED) is 0.800. The van der Waals surface area contributed by atoms with E-state index in [1.807, 2.05) is 0 Å². The SMILES string of the molecule is Cc1c(C(N)=S)nnn1-c1cccc(F)c1. The third kappa shape index (κ3) is 1.79. The van der Waals surface area contributed by atoms with E-state index in [2.05, 4.69) is 10.3 Å². The smallest absolute Gasteiger partial charge is 0.143 e. The average Bonchev–Trinajstić information content (AvgIpc) is 2.60. The Balaban J connectivity index is 2.53. The maximum Gasteiger partial charge on any atom is 0.143 e. The van der Waals surface area contributed by atoms with Crippen molar-refractivity contribution in [3.05, 3.63) is 41.5 Å². The van der Waals surface area contributed by atoms with Crippen molar-refractivity contribution in [2.24, 2.45) is 5.73 Å². The predicted octanol–water partition coefficient (Wildman–Crippen LogP) is 1.35. The van der Waals surface area contributed by atoms with Crippen molar-refractivity contribution in [3.63, 3.8) is 0 Å². The fourth-order valence-corrected chi connectivity index (χ4v) is 1.60. The number of aromatic nitrogens is 3. The molecule has 2 N–H and O–H groups in total. The topological polar surface area (TPSA) is 56.7 Å². The molecule has 1 heterocycles. The molecule has 4 nitrogen and oxygen atoms in total. The van der Waals surface area contributed by atoms with E-state index in [4.69, 9.17) is 18.0 Å². The molecule has 0 aliphatic rings. The number of nitrogens with two attached hydrogens (primary N) is 1. The van der Waals surface area contributed by atoms with Crippen LogP contribution in [0.3, 0.4) is 0 Å². The Labute approximate surface area is 96.9 Å². The molecule has 0 aliphatic carbocycles. The van der Waals surface area contributed by atoms with Crippen LogP contribution in [0.2, 0.25) is 0 Å². The summed E-state index contributed by atoms with van der Waals surface area (Å²) in [6.45, 7) is 1.78. The highest BCUT2D eigenvalue weighted by atomic mass is 32.1. The van der Waals surface area contributed by atoms with E-state index in [-0.39, 0.29) is 10.8 Å². The Bertz CT molecular complexity index is 550. The lowest BCUT2D eigenvalue weighted by Crippen LogP contribution is -2.12. The first-order chi connectivity index (χ1) is 7.59. The van der Waals surface area contributed by atoms with Crippen LogP contribution in [0.4, 0.5) is 4.39 Å². The van der Waals surface area contributed by atoms with Gasteiger partial charge in [-0.15, -0.1) is 5.10 Å². The molecule has 1 aromatic heterocycles. The highest BCUT2D eigenvalue weighted by molar-refractivity contribution is 7.80. The minimum atomic E-state index is -0.329. The van der Waals surface area contributed by atoms with E-state index < -0.39 is 0 Å². The molecule has 0 fully saturated rings. The molecular weight excluding hydrogens is 227 g/mol. The van der Waals surface area contributed by atoms with Gasteiger partial charge in [-0.3, -0.25) is 0 Å². The van der Waals surface area contributed by atoms with E-state index in [0.29, 0.717) is 17.1 Å². The highest BCUT2D eigenvalue weighted by Crippen LogP contribution is 2.13. The normalized spacial score (nSPS) is 10.4. The zero-order valence-corrected chi connectivity index (χ0v) is 9.33. The van der Waals surface area contributed by atoms with Gasteiger partial charge < -0.3 is 5.73 Å². The molecule has 2 rings (SSSR count). The summed E-state index contributed by atoms with van der Waals surface area (Å²) in [6, 6.07) is 6.07. The number of rotatable bonds is 2. The van der Waals surface area contributed by atoms with Gasteiger partial charge in [0.05, 0.1) is 11.4 Å². The van der Waals surface area contributed by atoms with E-state index in [9.17, 15) is 4.39 Å². The third-order valence-electron chi connectivity index (χ3n) is 2.18. The molecule has 16 heavy (non-hydrogen) atoms. The fraction of sp³-hybridized carbons (Fsp3) is 0.100. The van der Waals surface area contributed by atoms with Gasteiger partial charge in [-0.2, -0.15) is 0 Å². The molecule has 1 aromatic carbocycles. The zero-order valence-electron chi connectivity index (χ0n) is 8.51. The van der Waals surface area contributed by atoms with Crippen LogP contribution >= 0.6 is 12.2 Å². The summed E-state index contributed by atoms with van der Waals surface area (Å²) >= 11 is 4.83. The van der Waals surface area contributed by atoms with Crippen LogP contribution < -0.4 is 5.73 Å². The van der Waals surface area contributed by atoms with Crippen LogP contribution in [0.15, 0.2) is 24.3 Å². The second kappa shape index (κ2) is 3.97. The second-order valence-electron chi connectivity index (χ2n) is 3.28. The van der Waals surface area contributed by atoms with Crippen LogP contribution in [-0.2, 0) is 0 Å². The molecule has 0 aliphatic heterocycles. The summed E-state index contributed by atoms with van der Waals surface area (Å²) in [4.78, 5) is 0.181. The summed E-state index contributed by atoms with van der Waals surface area (Å²) in [7, 11) is 0. The van der Waals surface area contributed by atoms with E-state index in [1.54, 1.807) is 19.1 Å². The minimum absolute atomic E-state index is 0.181. The molecule has 6 heteroatoms. The number of hydrogen-bond acceptors (Lipinski definition) is 3. The number of halogens is 1. The number of thiocarbonyl (C=S) groups is 1. The molecule has 0 spiro atoms. The lowest BCUT2D eigenvalue weighted by Gasteiger charge is -2.02. The molecule has 0 saturated heterocycles. The highest BCUT2D eigenvalue weighted by Gasteiger charge is 2.11. The first kappa shape index (κ1) is 10.7. The molecule has 0 radical (unpaired) electrons. The monoisotopic (exact) mass is 236 g/mol. The molecular formula is C10H9FN4S. The van der Waals surface area contributed by atoms with Crippen molar-refractivity contribution < 1.29 is 4.39 Å². The molecule has 82 valence electrons. The van der Waals surface area contributed by atoms with E-state index in [0.717, 1.165) is 0 Å². The van der Waals surface area contributed by atoms with Gasteiger partial charge in [0.1, 0.15) is 16.5 Å². The molecule has 0 atom stereocenters. The third-order valence-corrected chi connectivity index (χ3v) is 2.37. The van der Waals surface area contributed by atoms with Gasteiger partial charge in [0.25, 0.3) is 0 Å². The zero-order chi connectivity index (χ0) is 11.7. The maximum absolute atomic E-state index is 13.0. The maximum atomic E-state index is 13.0. The number of nitrogens with zero attached hydrogens (tertiary/aromatic N) is 3. The van der Waals surface area contributed by atoms with Crippen LogP contribution in [0.1, 0.15) is 11.4 Å². The lowest BCUT2D eigenvalue weighted by atomic mass is 10.3. The van der Waals surface area contributed by atoms with Gasteiger partial charge in [0, 0.05) is 0 Å². The van der Waals surface area contributed by atoms with Crippen molar-refractivity contribution in [2.75, 3.05) is 0 Å². The van der Waals surface area contributed by atoms with Gasteiger partial charge in [0.15, 0.2) is 0 Å². The van der Waals surface area contributed by atoms with Crippen molar-refractivity contribution in [1.29, 1.82) is 0 Å². The van der Waals surface area contributed by atoms with E-state index >= 15 is 0 Å². The number of hydrogen-bond donors (Lipinski definition) is 1. The predicted molar refractivity (Wildman–Crippen MR) is 61.9 cm³/mol. The summed E-state index contributed by atoms with van der Waals surface area (Å²) in [5.41, 5.74) is 7.22. The summed E-state index contributed by atoms with van der Waals surface area (Å²) < 4.78 is 14.5. The van der Waals surface area contributed by atoms with Crippen LogP contribution in [0.5, 0.6) is 0 Å².